The molecule has 2 rings (SSSR count). The second kappa shape index (κ2) is 7.77. The number of rotatable bonds is 6. The van der Waals surface area contributed by atoms with Gasteiger partial charge in [0, 0.05) is 7.05 Å². The number of nitrogens with one attached hydrogen (secondary N) is 1. The molecule has 120 valence electrons. The summed E-state index contributed by atoms with van der Waals surface area (Å²) in [6.07, 6.45) is 6.27. The zero-order chi connectivity index (χ0) is 15.4. The summed E-state index contributed by atoms with van der Waals surface area (Å²) in [5.74, 6) is 2.46. The Kier molecular flexibility index (Phi) is 6.30. The van der Waals surface area contributed by atoms with Gasteiger partial charge in [0.1, 0.15) is 0 Å². The molecular formula is C17H30BrN3. The Morgan fingerprint density at radius 1 is 1.29 bits per heavy atom. The van der Waals surface area contributed by atoms with Gasteiger partial charge in [-0.15, -0.1) is 0 Å². The van der Waals surface area contributed by atoms with Gasteiger partial charge in [-0.1, -0.05) is 27.2 Å². The van der Waals surface area contributed by atoms with Crippen molar-refractivity contribution in [1.29, 1.82) is 0 Å². The van der Waals surface area contributed by atoms with Crippen LogP contribution >= 0.6 is 15.9 Å². The Balaban J connectivity index is 2.12. The molecule has 3 atom stereocenters. The molecular weight excluding hydrogens is 326 g/mol. The molecule has 3 nitrogen and oxygen atoms in total. The van der Waals surface area contributed by atoms with E-state index in [2.05, 4.69) is 58.8 Å². The molecule has 1 aromatic heterocycles. The van der Waals surface area contributed by atoms with E-state index < -0.39 is 0 Å². The molecule has 3 unspecified atom stereocenters. The lowest BCUT2D eigenvalue weighted by atomic mass is 9.72. The van der Waals surface area contributed by atoms with Crippen molar-refractivity contribution in [3.8, 4) is 0 Å². The van der Waals surface area contributed by atoms with Crippen molar-refractivity contribution in [1.82, 2.24) is 15.1 Å². The van der Waals surface area contributed by atoms with Gasteiger partial charge in [0.05, 0.1) is 15.9 Å². The molecule has 0 amide bonds. The van der Waals surface area contributed by atoms with Gasteiger partial charge in [0.25, 0.3) is 0 Å². The van der Waals surface area contributed by atoms with Crippen molar-refractivity contribution in [2.75, 3.05) is 13.1 Å². The van der Waals surface area contributed by atoms with Crippen LogP contribution in [0.3, 0.4) is 0 Å². The largest absolute Gasteiger partial charge is 0.317 e. The minimum Gasteiger partial charge on any atom is -0.317 e. The predicted molar refractivity (Wildman–Crippen MR) is 92.5 cm³/mol. The monoisotopic (exact) mass is 355 g/mol. The van der Waals surface area contributed by atoms with Gasteiger partial charge in [-0.25, -0.2) is 0 Å². The Morgan fingerprint density at radius 2 is 2.05 bits per heavy atom. The topological polar surface area (TPSA) is 29.9 Å². The summed E-state index contributed by atoms with van der Waals surface area (Å²) < 4.78 is 3.33. The van der Waals surface area contributed by atoms with E-state index >= 15 is 0 Å². The highest BCUT2D eigenvalue weighted by molar-refractivity contribution is 9.10. The third-order valence-electron chi connectivity index (χ3n) is 5.02. The normalized spacial score (nSPS) is 26.2. The molecule has 1 N–H and O–H groups in total. The third kappa shape index (κ3) is 4.10. The molecule has 1 heterocycles. The van der Waals surface area contributed by atoms with Gasteiger partial charge in [0.15, 0.2) is 0 Å². The van der Waals surface area contributed by atoms with Crippen molar-refractivity contribution in [3.05, 3.63) is 15.9 Å². The summed E-state index contributed by atoms with van der Waals surface area (Å²) in [7, 11) is 2.09. The number of halogens is 1. The van der Waals surface area contributed by atoms with E-state index in [0.717, 1.165) is 37.1 Å². The molecule has 0 bridgehead atoms. The van der Waals surface area contributed by atoms with Crippen molar-refractivity contribution in [2.24, 2.45) is 24.8 Å². The van der Waals surface area contributed by atoms with Gasteiger partial charge in [-0.2, -0.15) is 5.10 Å². The fourth-order valence-corrected chi connectivity index (χ4v) is 4.48. The first-order valence-electron chi connectivity index (χ1n) is 8.47. The van der Waals surface area contributed by atoms with Gasteiger partial charge in [0.2, 0.25) is 0 Å². The summed E-state index contributed by atoms with van der Waals surface area (Å²) in [5, 5.41) is 8.21. The first kappa shape index (κ1) is 17.0. The highest BCUT2D eigenvalue weighted by Crippen LogP contribution is 2.37. The second-order valence-electron chi connectivity index (χ2n) is 6.63. The molecule has 0 aliphatic heterocycles. The van der Waals surface area contributed by atoms with Crippen LogP contribution in [-0.4, -0.2) is 22.9 Å². The van der Waals surface area contributed by atoms with Crippen LogP contribution in [0.15, 0.2) is 4.47 Å². The fourth-order valence-electron chi connectivity index (χ4n) is 3.70. The highest BCUT2D eigenvalue weighted by atomic mass is 79.9. The Hall–Kier alpha value is -0.350. The maximum Gasteiger partial charge on any atom is 0.0766 e. The van der Waals surface area contributed by atoms with Crippen LogP contribution in [-0.2, 0) is 19.9 Å². The lowest BCUT2D eigenvalue weighted by Crippen LogP contribution is -2.34. The molecule has 1 aromatic rings. The van der Waals surface area contributed by atoms with E-state index in [1.165, 1.54) is 41.7 Å². The SMILES string of the molecule is CCNCC1CCC(C)CC1Cc1c(Br)c(CC)nn1C. The average molecular weight is 356 g/mol. The van der Waals surface area contributed by atoms with Crippen LogP contribution in [0.2, 0.25) is 0 Å². The fraction of sp³-hybridized carbons (Fsp3) is 0.824. The van der Waals surface area contributed by atoms with E-state index in [-0.39, 0.29) is 0 Å². The standard InChI is InChI=1S/C17H30BrN3/c1-5-15-17(18)16(21(4)20-15)10-14-9-12(3)7-8-13(14)11-19-6-2/h12-14,19H,5-11H2,1-4H3. The molecule has 4 heteroatoms. The van der Waals surface area contributed by atoms with Crippen molar-refractivity contribution >= 4 is 15.9 Å². The first-order valence-corrected chi connectivity index (χ1v) is 9.27. The van der Waals surface area contributed by atoms with Crippen molar-refractivity contribution < 1.29 is 0 Å². The van der Waals surface area contributed by atoms with Crippen LogP contribution < -0.4 is 5.32 Å². The van der Waals surface area contributed by atoms with E-state index in [1.807, 2.05) is 0 Å². The summed E-state index contributed by atoms with van der Waals surface area (Å²) >= 11 is 3.78. The van der Waals surface area contributed by atoms with E-state index in [4.69, 9.17) is 0 Å². The van der Waals surface area contributed by atoms with Crippen LogP contribution in [0.25, 0.3) is 0 Å². The molecule has 1 aliphatic rings. The Bertz CT molecular complexity index is 453. The van der Waals surface area contributed by atoms with Crippen molar-refractivity contribution in [2.45, 2.75) is 52.9 Å². The average Bonchev–Trinajstić information content (AvgIpc) is 2.74. The second-order valence-corrected chi connectivity index (χ2v) is 7.43. The molecule has 0 radical (unpaired) electrons. The van der Waals surface area contributed by atoms with E-state index in [9.17, 15) is 0 Å². The summed E-state index contributed by atoms with van der Waals surface area (Å²) in [5.41, 5.74) is 2.58. The van der Waals surface area contributed by atoms with Crippen LogP contribution in [0.1, 0.15) is 51.4 Å². The van der Waals surface area contributed by atoms with E-state index in [0.29, 0.717) is 0 Å². The van der Waals surface area contributed by atoms with Gasteiger partial charge >= 0.3 is 0 Å². The number of aryl methyl sites for hydroxylation is 2. The van der Waals surface area contributed by atoms with Crippen molar-refractivity contribution in [3.63, 3.8) is 0 Å². The number of nitrogens with zero attached hydrogens (tertiary/aromatic N) is 2. The number of aromatic nitrogens is 2. The molecule has 1 fully saturated rings. The van der Waals surface area contributed by atoms with Crippen LogP contribution in [0, 0.1) is 17.8 Å². The third-order valence-corrected chi connectivity index (χ3v) is 5.93. The highest BCUT2D eigenvalue weighted by Gasteiger charge is 2.30. The van der Waals surface area contributed by atoms with Gasteiger partial charge < -0.3 is 5.32 Å². The summed E-state index contributed by atoms with van der Waals surface area (Å²) in [4.78, 5) is 0. The lowest BCUT2D eigenvalue weighted by Gasteiger charge is -2.35. The zero-order valence-corrected chi connectivity index (χ0v) is 15.5. The quantitative estimate of drug-likeness (QED) is 0.836. The lowest BCUT2D eigenvalue weighted by molar-refractivity contribution is 0.182. The molecule has 1 aliphatic carbocycles. The predicted octanol–water partition coefficient (Wildman–Crippen LogP) is 3.95. The minimum absolute atomic E-state index is 0.782. The smallest absolute Gasteiger partial charge is 0.0766 e. The Labute approximate surface area is 138 Å². The molecule has 0 spiro atoms. The molecule has 1 saturated carbocycles. The van der Waals surface area contributed by atoms with Gasteiger partial charge in [-0.3, -0.25) is 4.68 Å². The van der Waals surface area contributed by atoms with E-state index in [1.54, 1.807) is 0 Å². The van der Waals surface area contributed by atoms with Crippen LogP contribution in [0.5, 0.6) is 0 Å². The van der Waals surface area contributed by atoms with Gasteiger partial charge in [-0.05, 0) is 72.5 Å². The maximum absolute atomic E-state index is 4.65. The zero-order valence-electron chi connectivity index (χ0n) is 14.0. The maximum atomic E-state index is 4.65. The summed E-state index contributed by atoms with van der Waals surface area (Å²) in [6.45, 7) is 9.03. The first-order chi connectivity index (χ1) is 10.1. The molecule has 21 heavy (non-hydrogen) atoms. The summed E-state index contributed by atoms with van der Waals surface area (Å²) in [6, 6.07) is 0. The number of hydrogen-bond donors (Lipinski definition) is 1. The van der Waals surface area contributed by atoms with Crippen LogP contribution in [0.4, 0.5) is 0 Å². The minimum atomic E-state index is 0.782. The number of hydrogen-bond acceptors (Lipinski definition) is 2. The Morgan fingerprint density at radius 3 is 2.67 bits per heavy atom. The molecule has 0 saturated heterocycles. The molecule has 0 aromatic carbocycles.